The number of amides is 1. The van der Waals surface area contributed by atoms with Gasteiger partial charge >= 0.3 is 0 Å². The Kier molecular flexibility index (Phi) is 2.32. The standard InChI is InChI=1S/C13H15N5O/c19-13(16-12-6-17-2-1-9(12)5-17)11-3-10-4-14-7-18(10)8-15-11/h3-4,7-9,12H,1-2,5-6H2,(H,16,19). The molecule has 0 aromatic carbocycles. The van der Waals surface area contributed by atoms with E-state index in [9.17, 15) is 4.79 Å². The van der Waals surface area contributed by atoms with Crippen molar-refractivity contribution in [2.24, 2.45) is 5.92 Å². The minimum atomic E-state index is -0.0811. The molecule has 2 aliphatic rings. The quantitative estimate of drug-likeness (QED) is 0.832. The molecular formula is C13H15N5O. The largest absolute Gasteiger partial charge is 0.346 e. The van der Waals surface area contributed by atoms with Crippen LogP contribution >= 0.6 is 0 Å². The van der Waals surface area contributed by atoms with Gasteiger partial charge in [-0.2, -0.15) is 0 Å². The van der Waals surface area contributed by atoms with E-state index in [1.807, 2.05) is 0 Å². The Labute approximate surface area is 110 Å². The van der Waals surface area contributed by atoms with Crippen molar-refractivity contribution in [2.75, 3.05) is 19.6 Å². The van der Waals surface area contributed by atoms with E-state index in [1.54, 1.807) is 29.3 Å². The third-order valence-corrected chi connectivity index (χ3v) is 4.18. The van der Waals surface area contributed by atoms with Crippen molar-refractivity contribution < 1.29 is 4.79 Å². The minimum absolute atomic E-state index is 0.0811. The predicted octanol–water partition coefficient (Wildman–Crippen LogP) is 0.163. The molecule has 0 radical (unpaired) electrons. The first kappa shape index (κ1) is 10.9. The van der Waals surface area contributed by atoms with Crippen LogP contribution in [0.5, 0.6) is 0 Å². The van der Waals surface area contributed by atoms with Gasteiger partial charge in [-0.15, -0.1) is 0 Å². The lowest BCUT2D eigenvalue weighted by Crippen LogP contribution is -2.43. The first-order valence-corrected chi connectivity index (χ1v) is 6.60. The van der Waals surface area contributed by atoms with Crippen LogP contribution in [0.4, 0.5) is 0 Å². The van der Waals surface area contributed by atoms with Gasteiger partial charge in [-0.3, -0.25) is 9.20 Å². The number of fused-ring (bicyclic) bond motifs is 3. The van der Waals surface area contributed by atoms with Gasteiger partial charge in [-0.1, -0.05) is 0 Å². The molecule has 0 saturated carbocycles. The SMILES string of the molecule is O=C(NC1CN2CCC1C2)c1cc2cncn2cn1. The van der Waals surface area contributed by atoms with Gasteiger partial charge in [0.15, 0.2) is 0 Å². The van der Waals surface area contributed by atoms with Crippen LogP contribution in [0.1, 0.15) is 16.9 Å². The van der Waals surface area contributed by atoms with E-state index in [2.05, 4.69) is 20.2 Å². The molecule has 1 amide bonds. The maximum absolute atomic E-state index is 12.2. The smallest absolute Gasteiger partial charge is 0.270 e. The number of carbonyl (C=O) groups is 1. The van der Waals surface area contributed by atoms with Gasteiger partial charge in [0, 0.05) is 19.1 Å². The number of nitrogens with one attached hydrogen (secondary N) is 1. The van der Waals surface area contributed by atoms with Crippen molar-refractivity contribution in [1.82, 2.24) is 24.6 Å². The highest BCUT2D eigenvalue weighted by Crippen LogP contribution is 2.27. The van der Waals surface area contributed by atoms with Crippen LogP contribution < -0.4 is 5.32 Å². The molecule has 2 aromatic heterocycles. The van der Waals surface area contributed by atoms with Gasteiger partial charge < -0.3 is 10.2 Å². The summed E-state index contributed by atoms with van der Waals surface area (Å²) in [6.45, 7) is 3.28. The van der Waals surface area contributed by atoms with E-state index >= 15 is 0 Å². The van der Waals surface area contributed by atoms with Crippen molar-refractivity contribution in [3.8, 4) is 0 Å². The average molecular weight is 257 g/mol. The molecule has 6 heteroatoms. The molecule has 98 valence electrons. The molecule has 2 saturated heterocycles. The lowest BCUT2D eigenvalue weighted by atomic mass is 10.00. The fraction of sp³-hybridized carbons (Fsp3) is 0.462. The summed E-state index contributed by atoms with van der Waals surface area (Å²) in [5.41, 5.74) is 1.35. The van der Waals surface area contributed by atoms with E-state index < -0.39 is 0 Å². The third-order valence-electron chi connectivity index (χ3n) is 4.18. The van der Waals surface area contributed by atoms with Crippen LogP contribution in [0.25, 0.3) is 5.52 Å². The van der Waals surface area contributed by atoms with Crippen LogP contribution in [-0.4, -0.2) is 50.9 Å². The molecule has 0 aliphatic carbocycles. The summed E-state index contributed by atoms with van der Waals surface area (Å²) in [6, 6.07) is 2.06. The zero-order valence-corrected chi connectivity index (χ0v) is 10.5. The van der Waals surface area contributed by atoms with Crippen molar-refractivity contribution in [1.29, 1.82) is 0 Å². The van der Waals surface area contributed by atoms with Gasteiger partial charge in [-0.25, -0.2) is 9.97 Å². The molecule has 3 atom stereocenters. The normalized spacial score (nSPS) is 28.9. The monoisotopic (exact) mass is 257 g/mol. The number of hydrogen-bond acceptors (Lipinski definition) is 4. The van der Waals surface area contributed by atoms with Gasteiger partial charge in [0.05, 0.1) is 11.7 Å². The minimum Gasteiger partial charge on any atom is -0.346 e. The maximum Gasteiger partial charge on any atom is 0.270 e. The van der Waals surface area contributed by atoms with Crippen molar-refractivity contribution in [3.05, 3.63) is 30.6 Å². The zero-order chi connectivity index (χ0) is 12.8. The fourth-order valence-corrected chi connectivity index (χ4v) is 3.14. The highest BCUT2D eigenvalue weighted by atomic mass is 16.2. The average Bonchev–Trinajstić information content (AvgIpc) is 3.13. The number of imidazole rings is 1. The molecule has 0 spiro atoms. The highest BCUT2D eigenvalue weighted by Gasteiger charge is 2.38. The molecule has 2 aliphatic heterocycles. The highest BCUT2D eigenvalue weighted by molar-refractivity contribution is 5.93. The van der Waals surface area contributed by atoms with E-state index in [4.69, 9.17) is 0 Å². The molecular weight excluding hydrogens is 242 g/mol. The van der Waals surface area contributed by atoms with Gasteiger partial charge in [0.25, 0.3) is 5.91 Å². The lowest BCUT2D eigenvalue weighted by molar-refractivity contribution is 0.0919. The number of piperidine rings is 1. The summed E-state index contributed by atoms with van der Waals surface area (Å²) in [5.74, 6) is 0.532. The number of nitrogens with zero attached hydrogens (tertiary/aromatic N) is 4. The lowest BCUT2D eigenvalue weighted by Gasteiger charge is -2.22. The summed E-state index contributed by atoms with van der Waals surface area (Å²) in [5, 5.41) is 3.11. The van der Waals surface area contributed by atoms with Crippen molar-refractivity contribution in [2.45, 2.75) is 12.5 Å². The molecule has 4 rings (SSSR count). The molecule has 2 fully saturated rings. The molecule has 3 unspecified atom stereocenters. The number of carbonyl (C=O) groups excluding carboxylic acids is 1. The second-order valence-electron chi connectivity index (χ2n) is 5.39. The maximum atomic E-state index is 12.2. The predicted molar refractivity (Wildman–Crippen MR) is 68.8 cm³/mol. The van der Waals surface area contributed by atoms with Crippen LogP contribution in [0, 0.1) is 5.92 Å². The molecule has 1 N–H and O–H groups in total. The Morgan fingerprint density at radius 3 is 3.11 bits per heavy atom. The molecule has 2 aromatic rings. The van der Waals surface area contributed by atoms with E-state index in [1.165, 1.54) is 13.0 Å². The summed E-state index contributed by atoms with van der Waals surface area (Å²) in [6.07, 6.45) is 6.22. The van der Waals surface area contributed by atoms with Crippen LogP contribution in [0.2, 0.25) is 0 Å². The van der Waals surface area contributed by atoms with E-state index in [0.29, 0.717) is 11.6 Å². The van der Waals surface area contributed by atoms with Crippen LogP contribution in [0.15, 0.2) is 24.9 Å². The number of hydrogen-bond donors (Lipinski definition) is 1. The summed E-state index contributed by atoms with van der Waals surface area (Å²) < 4.78 is 1.79. The Hall–Kier alpha value is -1.95. The Bertz CT molecular complexity index is 637. The van der Waals surface area contributed by atoms with Crippen molar-refractivity contribution in [3.63, 3.8) is 0 Å². The molecule has 4 heterocycles. The molecule has 19 heavy (non-hydrogen) atoms. The Morgan fingerprint density at radius 2 is 2.32 bits per heavy atom. The molecule has 2 bridgehead atoms. The first-order chi connectivity index (χ1) is 9.29. The first-order valence-electron chi connectivity index (χ1n) is 6.60. The number of rotatable bonds is 2. The third kappa shape index (κ3) is 1.79. The van der Waals surface area contributed by atoms with E-state index in [-0.39, 0.29) is 11.9 Å². The Morgan fingerprint density at radius 1 is 1.37 bits per heavy atom. The second kappa shape index (κ2) is 4.03. The van der Waals surface area contributed by atoms with Crippen LogP contribution in [-0.2, 0) is 0 Å². The van der Waals surface area contributed by atoms with Gasteiger partial charge in [0.1, 0.15) is 18.3 Å². The molecule has 6 nitrogen and oxygen atoms in total. The van der Waals surface area contributed by atoms with E-state index in [0.717, 1.165) is 18.6 Å². The second-order valence-corrected chi connectivity index (χ2v) is 5.39. The van der Waals surface area contributed by atoms with Crippen LogP contribution in [0.3, 0.4) is 0 Å². The van der Waals surface area contributed by atoms with Gasteiger partial charge in [-0.05, 0) is 24.9 Å². The summed E-state index contributed by atoms with van der Waals surface area (Å²) in [7, 11) is 0. The van der Waals surface area contributed by atoms with Crippen molar-refractivity contribution >= 4 is 11.4 Å². The Balaban J connectivity index is 1.53. The van der Waals surface area contributed by atoms with Gasteiger partial charge in [0.2, 0.25) is 0 Å². The topological polar surface area (TPSA) is 62.5 Å². The number of aromatic nitrogens is 3. The summed E-state index contributed by atoms with van der Waals surface area (Å²) >= 11 is 0. The zero-order valence-electron chi connectivity index (χ0n) is 10.5. The summed E-state index contributed by atoms with van der Waals surface area (Å²) in [4.78, 5) is 22.8. The fourth-order valence-electron chi connectivity index (χ4n) is 3.14.